The van der Waals surface area contributed by atoms with Gasteiger partial charge in [-0.05, 0) is 47.8 Å². The second-order valence-electron chi connectivity index (χ2n) is 6.06. The van der Waals surface area contributed by atoms with E-state index in [9.17, 15) is 13.6 Å². The lowest BCUT2D eigenvalue weighted by Crippen LogP contribution is -2.14. The van der Waals surface area contributed by atoms with Crippen molar-refractivity contribution in [3.8, 4) is 16.4 Å². The Hall–Kier alpha value is -2.75. The molecule has 0 bridgehead atoms. The number of carbonyl (C=O) groups excluding carboxylic acids is 1. The van der Waals surface area contributed by atoms with E-state index in [1.165, 1.54) is 29.2 Å². The fourth-order valence-electron chi connectivity index (χ4n) is 2.65. The van der Waals surface area contributed by atoms with Gasteiger partial charge in [0.25, 0.3) is 0 Å². The quantitative estimate of drug-likeness (QED) is 0.376. The summed E-state index contributed by atoms with van der Waals surface area (Å²) in [5.41, 5.74) is 0.981. The molecule has 0 fully saturated rings. The first-order valence-corrected chi connectivity index (χ1v) is 10.9. The Morgan fingerprint density at radius 3 is 2.60 bits per heavy atom. The number of hydrogen-bond acceptors (Lipinski definition) is 5. The van der Waals surface area contributed by atoms with Crippen LogP contribution in [0.3, 0.4) is 0 Å². The molecule has 5 nitrogen and oxygen atoms in total. The van der Waals surface area contributed by atoms with Crippen LogP contribution in [-0.4, -0.2) is 26.4 Å². The number of aromatic nitrogens is 3. The number of carbonyl (C=O) groups is 1. The second kappa shape index (κ2) is 8.95. The van der Waals surface area contributed by atoms with Crippen LogP contribution in [0.15, 0.2) is 65.1 Å². The number of thiophene rings is 1. The van der Waals surface area contributed by atoms with Gasteiger partial charge in [-0.15, -0.1) is 21.5 Å². The van der Waals surface area contributed by atoms with Crippen molar-refractivity contribution in [2.45, 2.75) is 5.16 Å². The molecule has 4 aromatic rings. The molecule has 2 aromatic carbocycles. The molecule has 0 saturated heterocycles. The summed E-state index contributed by atoms with van der Waals surface area (Å²) in [5, 5.41) is 14.1. The largest absolute Gasteiger partial charge is 0.325 e. The highest BCUT2D eigenvalue weighted by atomic mass is 35.5. The number of halogens is 3. The number of nitrogens with zero attached hydrogens (tertiary/aromatic N) is 3. The SMILES string of the molecule is O=C(CSc1nnc(-c2cccs2)n1-c1ccc(Cl)cc1)Nc1ccc(F)c(F)c1. The molecule has 0 atom stereocenters. The Kier molecular flexibility index (Phi) is 6.12. The van der Waals surface area contributed by atoms with Crippen molar-refractivity contribution in [1.29, 1.82) is 0 Å². The van der Waals surface area contributed by atoms with Crippen molar-refractivity contribution < 1.29 is 13.6 Å². The van der Waals surface area contributed by atoms with Gasteiger partial charge < -0.3 is 5.32 Å². The Morgan fingerprint density at radius 2 is 1.90 bits per heavy atom. The standard InChI is InChI=1S/C20H13ClF2N4OS2/c21-12-3-6-14(7-4-12)27-19(17-2-1-9-29-17)25-26-20(27)30-11-18(28)24-13-5-8-15(22)16(23)10-13/h1-10H,11H2,(H,24,28). The zero-order valence-corrected chi connectivity index (χ0v) is 17.6. The number of anilines is 1. The minimum Gasteiger partial charge on any atom is -0.325 e. The summed E-state index contributed by atoms with van der Waals surface area (Å²) in [6.45, 7) is 0. The summed E-state index contributed by atoms with van der Waals surface area (Å²) < 4.78 is 28.2. The number of amides is 1. The first-order chi connectivity index (χ1) is 14.5. The molecular formula is C20H13ClF2N4OS2. The van der Waals surface area contributed by atoms with Crippen LogP contribution in [0.2, 0.25) is 5.02 Å². The van der Waals surface area contributed by atoms with Gasteiger partial charge in [-0.25, -0.2) is 8.78 Å². The van der Waals surface area contributed by atoms with Crippen molar-refractivity contribution in [2.24, 2.45) is 0 Å². The Balaban J connectivity index is 1.55. The van der Waals surface area contributed by atoms with Crippen LogP contribution in [0, 0.1) is 11.6 Å². The molecule has 30 heavy (non-hydrogen) atoms. The van der Waals surface area contributed by atoms with Crippen LogP contribution >= 0.6 is 34.7 Å². The third-order valence-electron chi connectivity index (χ3n) is 4.00. The molecule has 0 saturated carbocycles. The lowest BCUT2D eigenvalue weighted by Gasteiger charge is -2.10. The third-order valence-corrected chi connectivity index (χ3v) is 6.04. The number of rotatable bonds is 6. The van der Waals surface area contributed by atoms with Gasteiger partial charge in [0.2, 0.25) is 5.91 Å². The van der Waals surface area contributed by atoms with Crippen LogP contribution in [-0.2, 0) is 4.79 Å². The average Bonchev–Trinajstić information content (AvgIpc) is 3.39. The molecular weight excluding hydrogens is 450 g/mol. The summed E-state index contributed by atoms with van der Waals surface area (Å²) >= 11 is 8.71. The van der Waals surface area contributed by atoms with E-state index in [1.807, 2.05) is 34.2 Å². The molecule has 1 amide bonds. The zero-order chi connectivity index (χ0) is 21.1. The van der Waals surface area contributed by atoms with E-state index in [0.717, 1.165) is 22.7 Å². The first-order valence-electron chi connectivity index (χ1n) is 8.64. The predicted molar refractivity (Wildman–Crippen MR) is 115 cm³/mol. The van der Waals surface area contributed by atoms with Crippen LogP contribution in [0.1, 0.15) is 0 Å². The highest BCUT2D eigenvalue weighted by molar-refractivity contribution is 7.99. The first kappa shape index (κ1) is 20.5. The molecule has 2 aromatic heterocycles. The lowest BCUT2D eigenvalue weighted by molar-refractivity contribution is -0.113. The molecule has 0 unspecified atom stereocenters. The Morgan fingerprint density at radius 1 is 1.10 bits per heavy atom. The van der Waals surface area contributed by atoms with Crippen molar-refractivity contribution >= 4 is 46.3 Å². The molecule has 152 valence electrons. The molecule has 1 N–H and O–H groups in total. The number of nitrogens with one attached hydrogen (secondary N) is 1. The van der Waals surface area contributed by atoms with Gasteiger partial charge in [0.15, 0.2) is 22.6 Å². The maximum absolute atomic E-state index is 13.3. The number of thioether (sulfide) groups is 1. The van der Waals surface area contributed by atoms with Crippen molar-refractivity contribution in [3.63, 3.8) is 0 Å². The number of hydrogen-bond donors (Lipinski definition) is 1. The van der Waals surface area contributed by atoms with E-state index in [2.05, 4.69) is 15.5 Å². The second-order valence-corrected chi connectivity index (χ2v) is 8.39. The fourth-order valence-corrected chi connectivity index (χ4v) is 4.23. The minimum absolute atomic E-state index is 0.00909. The van der Waals surface area contributed by atoms with E-state index >= 15 is 0 Å². The fraction of sp³-hybridized carbons (Fsp3) is 0.0500. The summed E-state index contributed by atoms with van der Waals surface area (Å²) in [5.74, 6) is -1.72. The molecule has 0 aliphatic carbocycles. The maximum atomic E-state index is 13.3. The van der Waals surface area contributed by atoms with Gasteiger partial charge >= 0.3 is 0 Å². The summed E-state index contributed by atoms with van der Waals surface area (Å²) in [4.78, 5) is 13.2. The van der Waals surface area contributed by atoms with E-state index < -0.39 is 11.6 Å². The van der Waals surface area contributed by atoms with Crippen molar-refractivity contribution in [3.05, 3.63) is 76.6 Å². The van der Waals surface area contributed by atoms with E-state index in [1.54, 1.807) is 12.1 Å². The molecule has 0 aliphatic heterocycles. The Bertz CT molecular complexity index is 1180. The van der Waals surface area contributed by atoms with Gasteiger partial charge in [0.05, 0.1) is 10.6 Å². The van der Waals surface area contributed by atoms with Crippen molar-refractivity contribution in [2.75, 3.05) is 11.1 Å². The monoisotopic (exact) mass is 462 g/mol. The summed E-state index contributed by atoms with van der Waals surface area (Å²) in [6.07, 6.45) is 0. The zero-order valence-electron chi connectivity index (χ0n) is 15.2. The van der Waals surface area contributed by atoms with Crippen LogP contribution in [0.5, 0.6) is 0 Å². The van der Waals surface area contributed by atoms with Gasteiger partial charge in [-0.2, -0.15) is 0 Å². The average molecular weight is 463 g/mol. The normalized spacial score (nSPS) is 10.9. The molecule has 0 spiro atoms. The summed E-state index contributed by atoms with van der Waals surface area (Å²) in [6, 6.07) is 14.3. The molecule has 0 aliphatic rings. The van der Waals surface area contributed by atoms with Gasteiger partial charge in [-0.1, -0.05) is 29.4 Å². The highest BCUT2D eigenvalue weighted by Gasteiger charge is 2.18. The van der Waals surface area contributed by atoms with Crippen LogP contribution in [0.4, 0.5) is 14.5 Å². The Labute approximate surface area is 183 Å². The highest BCUT2D eigenvalue weighted by Crippen LogP contribution is 2.31. The summed E-state index contributed by atoms with van der Waals surface area (Å²) in [7, 11) is 0. The smallest absolute Gasteiger partial charge is 0.234 e. The van der Waals surface area contributed by atoms with Gasteiger partial charge in [0, 0.05) is 22.5 Å². The molecule has 0 radical (unpaired) electrons. The number of benzene rings is 2. The third kappa shape index (κ3) is 4.53. The van der Waals surface area contributed by atoms with Crippen LogP contribution < -0.4 is 5.32 Å². The van der Waals surface area contributed by atoms with Crippen LogP contribution in [0.25, 0.3) is 16.4 Å². The van der Waals surface area contributed by atoms with E-state index in [4.69, 9.17) is 11.6 Å². The maximum Gasteiger partial charge on any atom is 0.234 e. The topological polar surface area (TPSA) is 59.8 Å². The van der Waals surface area contributed by atoms with Gasteiger partial charge in [-0.3, -0.25) is 9.36 Å². The van der Waals surface area contributed by atoms with Crippen molar-refractivity contribution in [1.82, 2.24) is 14.8 Å². The van der Waals surface area contributed by atoms with Gasteiger partial charge in [0.1, 0.15) is 0 Å². The lowest BCUT2D eigenvalue weighted by atomic mass is 10.3. The van der Waals surface area contributed by atoms with E-state index in [-0.39, 0.29) is 17.3 Å². The molecule has 10 heteroatoms. The molecule has 2 heterocycles. The molecule has 4 rings (SSSR count). The van der Waals surface area contributed by atoms with E-state index in [0.29, 0.717) is 16.0 Å². The minimum atomic E-state index is -1.02. The predicted octanol–water partition coefficient (Wildman–Crippen LogP) is 5.66.